The molecule has 1 fully saturated rings. The lowest BCUT2D eigenvalue weighted by molar-refractivity contribution is -0.137. The van der Waals surface area contributed by atoms with Gasteiger partial charge in [-0.3, -0.25) is 4.79 Å². The molecule has 1 aliphatic carbocycles. The van der Waals surface area contributed by atoms with Gasteiger partial charge in [0.15, 0.2) is 11.5 Å². The number of carbonyl (C=O) groups is 2. The number of rotatable bonds is 5. The topological polar surface area (TPSA) is 118 Å². The first-order valence-electron chi connectivity index (χ1n) is 12.1. The quantitative estimate of drug-likeness (QED) is 0.331. The van der Waals surface area contributed by atoms with Crippen molar-refractivity contribution in [3.05, 3.63) is 65.9 Å². The number of nitrogens with one attached hydrogen (secondary N) is 2. The SMILES string of the molecule is CN(C)C(=O)C1(c2cc(-c3cccc(NC(=O)Nc4cccc(C(F)(F)F)c4)c3)c3c(N)nn(C)c3n2)CC1. The van der Waals surface area contributed by atoms with E-state index in [0.717, 1.165) is 12.1 Å². The molecule has 0 bridgehead atoms. The second kappa shape index (κ2) is 9.29. The van der Waals surface area contributed by atoms with Gasteiger partial charge in [0.2, 0.25) is 5.91 Å². The van der Waals surface area contributed by atoms with Gasteiger partial charge in [0.05, 0.1) is 22.1 Å². The van der Waals surface area contributed by atoms with Crippen molar-refractivity contribution in [2.24, 2.45) is 7.05 Å². The molecular formula is C27H26F3N7O2. The van der Waals surface area contributed by atoms with E-state index >= 15 is 0 Å². The summed E-state index contributed by atoms with van der Waals surface area (Å²) >= 11 is 0. The van der Waals surface area contributed by atoms with Gasteiger partial charge < -0.3 is 21.3 Å². The van der Waals surface area contributed by atoms with Gasteiger partial charge in [0.25, 0.3) is 0 Å². The Morgan fingerprint density at radius 3 is 2.28 bits per heavy atom. The fourth-order valence-electron chi connectivity index (χ4n) is 4.71. The fraction of sp³-hybridized carbons (Fsp3) is 0.259. The lowest BCUT2D eigenvalue weighted by Gasteiger charge is -2.20. The number of amides is 3. The van der Waals surface area contributed by atoms with Crippen LogP contribution >= 0.6 is 0 Å². The first-order valence-corrected chi connectivity index (χ1v) is 12.1. The lowest BCUT2D eigenvalue weighted by Crippen LogP contribution is -2.34. The summed E-state index contributed by atoms with van der Waals surface area (Å²) in [5.74, 6) is 0.239. The molecule has 0 spiro atoms. The van der Waals surface area contributed by atoms with Crippen LogP contribution in [0, 0.1) is 0 Å². The Morgan fingerprint density at radius 2 is 1.67 bits per heavy atom. The van der Waals surface area contributed by atoms with E-state index in [2.05, 4.69) is 15.7 Å². The highest BCUT2D eigenvalue weighted by atomic mass is 19.4. The number of aryl methyl sites for hydroxylation is 1. The van der Waals surface area contributed by atoms with Gasteiger partial charge in [-0.1, -0.05) is 18.2 Å². The number of benzene rings is 2. The molecule has 9 nitrogen and oxygen atoms in total. The number of nitrogens with two attached hydrogens (primary N) is 1. The molecule has 4 aromatic rings. The van der Waals surface area contributed by atoms with Crippen LogP contribution in [0.3, 0.4) is 0 Å². The number of nitrogens with zero attached hydrogens (tertiary/aromatic N) is 4. The van der Waals surface area contributed by atoms with Gasteiger partial charge in [0.1, 0.15) is 0 Å². The van der Waals surface area contributed by atoms with Crippen LogP contribution < -0.4 is 16.4 Å². The van der Waals surface area contributed by atoms with Gasteiger partial charge in [0, 0.05) is 32.5 Å². The second-order valence-corrected chi connectivity index (χ2v) is 9.78. The maximum atomic E-state index is 13.0. The third-order valence-electron chi connectivity index (χ3n) is 6.76. The molecule has 1 aliphatic rings. The van der Waals surface area contributed by atoms with Crippen molar-refractivity contribution in [2.45, 2.75) is 24.4 Å². The zero-order valence-corrected chi connectivity index (χ0v) is 21.4. The van der Waals surface area contributed by atoms with E-state index in [1.807, 2.05) is 12.1 Å². The van der Waals surface area contributed by atoms with E-state index < -0.39 is 23.2 Å². The number of carbonyl (C=O) groups excluding carboxylic acids is 2. The van der Waals surface area contributed by atoms with Crippen LogP contribution in [-0.2, 0) is 23.4 Å². The number of hydrogen-bond acceptors (Lipinski definition) is 5. The summed E-state index contributed by atoms with van der Waals surface area (Å²) in [6, 6.07) is 12.4. The fourth-order valence-corrected chi connectivity index (χ4v) is 4.71. The summed E-state index contributed by atoms with van der Waals surface area (Å²) < 4.78 is 40.6. The van der Waals surface area contributed by atoms with E-state index in [0.29, 0.717) is 46.4 Å². The first kappa shape index (κ1) is 26.0. The highest BCUT2D eigenvalue weighted by Crippen LogP contribution is 2.50. The minimum Gasteiger partial charge on any atom is -0.382 e. The molecule has 0 unspecified atom stereocenters. The average Bonchev–Trinajstić information content (AvgIpc) is 3.63. The van der Waals surface area contributed by atoms with Gasteiger partial charge in [-0.15, -0.1) is 0 Å². The summed E-state index contributed by atoms with van der Waals surface area (Å²) in [5.41, 5.74) is 7.59. The Morgan fingerprint density at radius 1 is 1.03 bits per heavy atom. The molecule has 12 heteroatoms. The minimum atomic E-state index is -4.53. The van der Waals surface area contributed by atoms with Crippen LogP contribution in [0.1, 0.15) is 24.1 Å². The average molecular weight is 538 g/mol. The standard InChI is InChI=1S/C27H26F3N7O2/c1-36(2)24(38)26(10-11-26)20-14-19(21-22(31)35-37(3)23(21)34-20)15-6-4-8-17(12-15)32-25(39)33-18-9-5-7-16(13-18)27(28,29)30/h4-9,12-14H,10-11H2,1-3H3,(H2,31,35)(H2,32,33,39). The third-order valence-corrected chi connectivity index (χ3v) is 6.76. The Kier molecular flexibility index (Phi) is 6.20. The molecule has 0 atom stereocenters. The summed E-state index contributed by atoms with van der Waals surface area (Å²) in [7, 11) is 5.15. The molecule has 202 valence electrons. The molecule has 5 rings (SSSR count). The molecule has 2 aromatic carbocycles. The van der Waals surface area contributed by atoms with Crippen molar-refractivity contribution < 1.29 is 22.8 Å². The Bertz CT molecular complexity index is 1610. The smallest absolute Gasteiger partial charge is 0.382 e. The molecule has 0 saturated heterocycles. The summed E-state index contributed by atoms with van der Waals surface area (Å²) in [6.07, 6.45) is -3.18. The third kappa shape index (κ3) is 4.85. The predicted molar refractivity (Wildman–Crippen MR) is 142 cm³/mol. The van der Waals surface area contributed by atoms with Gasteiger partial charge in [-0.05, 0) is 60.4 Å². The Labute approximate surface area is 221 Å². The van der Waals surface area contributed by atoms with Crippen LogP contribution in [0.15, 0.2) is 54.6 Å². The molecule has 39 heavy (non-hydrogen) atoms. The summed E-state index contributed by atoms with van der Waals surface area (Å²) in [6.45, 7) is 0. The van der Waals surface area contributed by atoms with E-state index in [9.17, 15) is 22.8 Å². The number of fused-ring (bicyclic) bond motifs is 1. The van der Waals surface area contributed by atoms with Crippen molar-refractivity contribution in [2.75, 3.05) is 30.5 Å². The number of anilines is 3. The highest BCUT2D eigenvalue weighted by molar-refractivity contribution is 6.03. The van der Waals surface area contributed by atoms with Crippen LogP contribution in [0.4, 0.5) is 35.2 Å². The van der Waals surface area contributed by atoms with Crippen LogP contribution in [-0.4, -0.2) is 45.7 Å². The predicted octanol–water partition coefficient (Wildman–Crippen LogP) is 5.00. The Balaban J connectivity index is 1.48. The molecular weight excluding hydrogens is 511 g/mol. The zero-order chi connectivity index (χ0) is 28.1. The minimum absolute atomic E-state index is 0.00221. The maximum absolute atomic E-state index is 13.0. The molecule has 2 heterocycles. The molecule has 0 aliphatic heterocycles. The van der Waals surface area contributed by atoms with E-state index in [4.69, 9.17) is 10.7 Å². The van der Waals surface area contributed by atoms with E-state index in [1.54, 1.807) is 48.9 Å². The van der Waals surface area contributed by atoms with Crippen molar-refractivity contribution in [3.63, 3.8) is 0 Å². The number of hydrogen-bond donors (Lipinski definition) is 3. The number of nitrogen functional groups attached to an aromatic ring is 1. The summed E-state index contributed by atoms with van der Waals surface area (Å²) in [5, 5.41) is 10.0. The number of aromatic nitrogens is 3. The molecule has 1 saturated carbocycles. The van der Waals surface area contributed by atoms with Crippen molar-refractivity contribution in [3.8, 4) is 11.1 Å². The largest absolute Gasteiger partial charge is 0.416 e. The zero-order valence-electron chi connectivity index (χ0n) is 21.4. The number of halogens is 3. The normalized spacial score (nSPS) is 14.2. The highest BCUT2D eigenvalue weighted by Gasteiger charge is 2.53. The lowest BCUT2D eigenvalue weighted by atomic mass is 9.94. The number of alkyl halides is 3. The van der Waals surface area contributed by atoms with Crippen molar-refractivity contribution >= 4 is 40.2 Å². The van der Waals surface area contributed by atoms with Gasteiger partial charge >= 0.3 is 12.2 Å². The number of likely N-dealkylation sites (N-methyl/N-ethyl adjacent to an activating group) is 1. The van der Waals surface area contributed by atoms with E-state index in [1.165, 1.54) is 12.1 Å². The second-order valence-electron chi connectivity index (χ2n) is 9.78. The Hall–Kier alpha value is -4.61. The molecule has 2 aromatic heterocycles. The van der Waals surface area contributed by atoms with Gasteiger partial charge in [-0.2, -0.15) is 18.3 Å². The number of pyridine rings is 1. The summed E-state index contributed by atoms with van der Waals surface area (Å²) in [4.78, 5) is 32.0. The van der Waals surface area contributed by atoms with Crippen molar-refractivity contribution in [1.82, 2.24) is 19.7 Å². The van der Waals surface area contributed by atoms with Crippen LogP contribution in [0.2, 0.25) is 0 Å². The molecule has 3 amide bonds. The number of urea groups is 1. The molecule has 4 N–H and O–H groups in total. The molecule has 0 radical (unpaired) electrons. The first-order chi connectivity index (χ1) is 18.4. The van der Waals surface area contributed by atoms with Crippen molar-refractivity contribution in [1.29, 1.82) is 0 Å². The van der Waals surface area contributed by atoms with Crippen LogP contribution in [0.25, 0.3) is 22.2 Å². The maximum Gasteiger partial charge on any atom is 0.416 e. The van der Waals surface area contributed by atoms with Crippen LogP contribution in [0.5, 0.6) is 0 Å². The monoisotopic (exact) mass is 537 g/mol. The van der Waals surface area contributed by atoms with Gasteiger partial charge in [-0.25, -0.2) is 14.5 Å². The van der Waals surface area contributed by atoms with E-state index in [-0.39, 0.29) is 17.4 Å².